The summed E-state index contributed by atoms with van der Waals surface area (Å²) in [6.07, 6.45) is 3.16. The van der Waals surface area contributed by atoms with Gasteiger partial charge in [-0.2, -0.15) is 0 Å². The lowest BCUT2D eigenvalue weighted by atomic mass is 10.1. The number of fused-ring (bicyclic) bond motifs is 1. The molecule has 0 saturated heterocycles. The van der Waals surface area contributed by atoms with Gasteiger partial charge in [0.1, 0.15) is 0 Å². The third-order valence-electron chi connectivity index (χ3n) is 3.99. The molecule has 0 bridgehead atoms. The van der Waals surface area contributed by atoms with Gasteiger partial charge in [-0.15, -0.1) is 0 Å². The maximum absolute atomic E-state index is 12.9. The lowest BCUT2D eigenvalue weighted by Gasteiger charge is -2.23. The smallest absolute Gasteiger partial charge is 0.264 e. The van der Waals surface area contributed by atoms with Crippen molar-refractivity contribution in [2.24, 2.45) is 0 Å². The molecule has 0 heterocycles. The number of rotatable bonds is 4. The van der Waals surface area contributed by atoms with Gasteiger partial charge in [0.25, 0.3) is 10.0 Å². The minimum atomic E-state index is -3.49. The normalized spacial score (nSPS) is 14.0. The van der Waals surface area contributed by atoms with E-state index in [1.807, 2.05) is 49.4 Å². The largest absolute Gasteiger partial charge is 0.267 e. The van der Waals surface area contributed by atoms with E-state index in [0.29, 0.717) is 17.1 Å². The molecular weight excluding hydrogens is 282 g/mol. The SMILES string of the molecule is CCN(c1ccccc1)S(=O)(=O)c1ccc2c(c1)CCC2. The second-order valence-corrected chi connectivity index (χ2v) is 7.15. The topological polar surface area (TPSA) is 37.4 Å². The fraction of sp³-hybridized carbons (Fsp3) is 0.294. The van der Waals surface area contributed by atoms with Crippen LogP contribution in [0.1, 0.15) is 24.5 Å². The van der Waals surface area contributed by atoms with Crippen molar-refractivity contribution in [3.05, 3.63) is 59.7 Å². The molecule has 0 fully saturated rings. The number of benzene rings is 2. The quantitative estimate of drug-likeness (QED) is 0.868. The number of para-hydroxylation sites is 1. The van der Waals surface area contributed by atoms with E-state index in [0.717, 1.165) is 19.3 Å². The molecule has 3 nitrogen and oxygen atoms in total. The molecule has 2 aromatic carbocycles. The molecule has 0 saturated carbocycles. The van der Waals surface area contributed by atoms with Crippen LogP contribution in [-0.4, -0.2) is 15.0 Å². The average molecular weight is 301 g/mol. The van der Waals surface area contributed by atoms with E-state index in [1.54, 1.807) is 6.07 Å². The first-order valence-corrected chi connectivity index (χ1v) is 8.76. The van der Waals surface area contributed by atoms with Crippen molar-refractivity contribution in [1.82, 2.24) is 0 Å². The molecule has 1 aliphatic rings. The number of nitrogens with zero attached hydrogens (tertiary/aromatic N) is 1. The van der Waals surface area contributed by atoms with E-state index < -0.39 is 10.0 Å². The Morgan fingerprint density at radius 1 is 1.00 bits per heavy atom. The summed E-state index contributed by atoms with van der Waals surface area (Å²) in [5.41, 5.74) is 3.18. The highest BCUT2D eigenvalue weighted by Crippen LogP contribution is 2.28. The summed E-state index contributed by atoms with van der Waals surface area (Å²) in [5, 5.41) is 0. The van der Waals surface area contributed by atoms with Crippen LogP contribution in [0, 0.1) is 0 Å². The van der Waals surface area contributed by atoms with Crippen LogP contribution in [0.4, 0.5) is 5.69 Å². The van der Waals surface area contributed by atoms with Crippen molar-refractivity contribution in [1.29, 1.82) is 0 Å². The first kappa shape index (κ1) is 14.1. The van der Waals surface area contributed by atoms with Crippen molar-refractivity contribution in [3.8, 4) is 0 Å². The van der Waals surface area contributed by atoms with Crippen molar-refractivity contribution in [2.75, 3.05) is 10.8 Å². The molecule has 0 spiro atoms. The fourth-order valence-corrected chi connectivity index (χ4v) is 4.45. The molecule has 0 radical (unpaired) electrons. The Labute approximate surface area is 126 Å². The van der Waals surface area contributed by atoms with Crippen molar-refractivity contribution in [3.63, 3.8) is 0 Å². The molecular formula is C17H19NO2S. The third kappa shape index (κ3) is 2.56. The first-order chi connectivity index (χ1) is 10.1. The summed E-state index contributed by atoms with van der Waals surface area (Å²) in [7, 11) is -3.49. The molecule has 0 aromatic heterocycles. The number of hydrogen-bond acceptors (Lipinski definition) is 2. The Balaban J connectivity index is 2.03. The summed E-state index contributed by atoms with van der Waals surface area (Å²) in [6.45, 7) is 2.28. The van der Waals surface area contributed by atoms with Crippen LogP contribution in [0.15, 0.2) is 53.4 Å². The lowest BCUT2D eigenvalue weighted by Crippen LogP contribution is -2.30. The molecule has 0 amide bonds. The highest BCUT2D eigenvalue weighted by molar-refractivity contribution is 7.92. The van der Waals surface area contributed by atoms with Crippen molar-refractivity contribution >= 4 is 15.7 Å². The Hall–Kier alpha value is -1.81. The molecule has 0 N–H and O–H groups in total. The summed E-state index contributed by atoms with van der Waals surface area (Å²) < 4.78 is 27.2. The van der Waals surface area contributed by atoms with E-state index in [1.165, 1.54) is 15.4 Å². The summed E-state index contributed by atoms with van der Waals surface area (Å²) in [6, 6.07) is 14.8. The highest BCUT2D eigenvalue weighted by Gasteiger charge is 2.25. The lowest BCUT2D eigenvalue weighted by molar-refractivity contribution is 0.591. The minimum Gasteiger partial charge on any atom is -0.267 e. The van der Waals surface area contributed by atoms with E-state index in [4.69, 9.17) is 0 Å². The Bertz CT molecular complexity index is 739. The molecule has 21 heavy (non-hydrogen) atoms. The molecule has 2 aromatic rings. The molecule has 110 valence electrons. The Kier molecular flexibility index (Phi) is 3.72. The highest BCUT2D eigenvalue weighted by atomic mass is 32.2. The molecule has 0 atom stereocenters. The van der Waals surface area contributed by atoms with Gasteiger partial charge in [-0.1, -0.05) is 24.3 Å². The predicted molar refractivity (Wildman–Crippen MR) is 85.1 cm³/mol. The third-order valence-corrected chi connectivity index (χ3v) is 5.89. The average Bonchev–Trinajstić information content (AvgIpc) is 2.96. The van der Waals surface area contributed by atoms with Crippen molar-refractivity contribution in [2.45, 2.75) is 31.1 Å². The van der Waals surface area contributed by atoms with Gasteiger partial charge < -0.3 is 0 Å². The zero-order valence-electron chi connectivity index (χ0n) is 12.1. The van der Waals surface area contributed by atoms with Crippen LogP contribution in [0.5, 0.6) is 0 Å². The van der Waals surface area contributed by atoms with Gasteiger partial charge in [-0.25, -0.2) is 8.42 Å². The molecule has 0 unspecified atom stereocenters. The van der Waals surface area contributed by atoms with Gasteiger partial charge in [0.2, 0.25) is 0 Å². The molecule has 0 aliphatic heterocycles. The van der Waals surface area contributed by atoms with Crippen molar-refractivity contribution < 1.29 is 8.42 Å². The van der Waals surface area contributed by atoms with Gasteiger partial charge >= 0.3 is 0 Å². The van der Waals surface area contributed by atoms with E-state index in [2.05, 4.69) is 0 Å². The van der Waals surface area contributed by atoms with E-state index in [9.17, 15) is 8.42 Å². The number of hydrogen-bond donors (Lipinski definition) is 0. The summed E-state index contributed by atoms with van der Waals surface area (Å²) in [5.74, 6) is 0. The minimum absolute atomic E-state index is 0.397. The maximum Gasteiger partial charge on any atom is 0.264 e. The van der Waals surface area contributed by atoms with Gasteiger partial charge in [0, 0.05) is 6.54 Å². The predicted octanol–water partition coefficient (Wildman–Crippen LogP) is 3.39. The van der Waals surface area contributed by atoms with Crippen LogP contribution in [-0.2, 0) is 22.9 Å². The monoisotopic (exact) mass is 301 g/mol. The van der Waals surface area contributed by atoms with Crippen LogP contribution in [0.25, 0.3) is 0 Å². The summed E-state index contributed by atoms with van der Waals surface area (Å²) in [4.78, 5) is 0.397. The number of sulfonamides is 1. The van der Waals surface area contributed by atoms with E-state index >= 15 is 0 Å². The maximum atomic E-state index is 12.9. The van der Waals surface area contributed by atoms with Gasteiger partial charge in [0.15, 0.2) is 0 Å². The van der Waals surface area contributed by atoms with Crippen LogP contribution in [0.2, 0.25) is 0 Å². The first-order valence-electron chi connectivity index (χ1n) is 7.32. The van der Waals surface area contributed by atoms with Gasteiger partial charge in [-0.05, 0) is 61.6 Å². The molecule has 4 heteroatoms. The second kappa shape index (κ2) is 5.53. The fourth-order valence-electron chi connectivity index (χ4n) is 2.92. The van der Waals surface area contributed by atoms with Gasteiger partial charge in [-0.3, -0.25) is 4.31 Å². The standard InChI is InChI=1S/C17H19NO2S/c1-2-18(16-9-4-3-5-10-16)21(19,20)17-12-11-14-7-6-8-15(14)13-17/h3-5,9-13H,2,6-8H2,1H3. The molecule has 1 aliphatic carbocycles. The Morgan fingerprint density at radius 2 is 1.71 bits per heavy atom. The number of anilines is 1. The molecule has 3 rings (SSSR count). The van der Waals surface area contributed by atoms with Crippen LogP contribution >= 0.6 is 0 Å². The zero-order valence-corrected chi connectivity index (χ0v) is 12.9. The van der Waals surface area contributed by atoms with Gasteiger partial charge in [0.05, 0.1) is 10.6 Å². The second-order valence-electron chi connectivity index (χ2n) is 5.29. The summed E-state index contributed by atoms with van der Waals surface area (Å²) >= 11 is 0. The Morgan fingerprint density at radius 3 is 2.43 bits per heavy atom. The van der Waals surface area contributed by atoms with Crippen LogP contribution < -0.4 is 4.31 Å². The van der Waals surface area contributed by atoms with E-state index in [-0.39, 0.29) is 0 Å². The zero-order chi connectivity index (χ0) is 14.9. The van der Waals surface area contributed by atoms with Crippen LogP contribution in [0.3, 0.4) is 0 Å². The number of aryl methyl sites for hydroxylation is 2.